The molecule has 0 bridgehead atoms. The molecular formula is C24H24N5O2+. The van der Waals surface area contributed by atoms with E-state index in [4.69, 9.17) is 9.47 Å². The highest BCUT2D eigenvalue weighted by Crippen LogP contribution is 2.30. The van der Waals surface area contributed by atoms with Crippen molar-refractivity contribution in [2.24, 2.45) is 5.10 Å². The number of pyridine rings is 1. The van der Waals surface area contributed by atoms with Gasteiger partial charge in [0.1, 0.15) is 22.7 Å². The number of anilines is 1. The zero-order chi connectivity index (χ0) is 22.0. The molecule has 7 heteroatoms. The molecule has 0 radical (unpaired) electrons. The number of fused-ring (bicyclic) bond motifs is 3. The lowest BCUT2D eigenvalue weighted by atomic mass is 10.0. The molecule has 0 spiro atoms. The van der Waals surface area contributed by atoms with E-state index in [-0.39, 0.29) is 0 Å². The van der Waals surface area contributed by atoms with Gasteiger partial charge in [-0.25, -0.2) is 0 Å². The number of aromatic nitrogens is 2. The number of hydrogen-bond acceptors (Lipinski definition) is 5. The lowest BCUT2D eigenvalue weighted by molar-refractivity contribution is -0.465. The molecule has 0 atom stereocenters. The third kappa shape index (κ3) is 3.32. The Balaban J connectivity index is 1.88. The minimum atomic E-state index is 0.618. The highest BCUT2D eigenvalue weighted by molar-refractivity contribution is 5.85. The molecule has 31 heavy (non-hydrogen) atoms. The number of para-hydroxylation sites is 3. The monoisotopic (exact) mass is 414 g/mol. The average molecular weight is 414 g/mol. The lowest BCUT2D eigenvalue weighted by Gasteiger charge is -2.11. The SMILES string of the molecule is CCc1c(C)c(C#N)c2[nH]c3ccccc3[n+]2c1NN=Cc1cccc(OC)c1OC. The summed E-state index contributed by atoms with van der Waals surface area (Å²) >= 11 is 0. The first kappa shape index (κ1) is 20.2. The summed E-state index contributed by atoms with van der Waals surface area (Å²) in [5.41, 5.74) is 9.29. The first-order chi connectivity index (χ1) is 15.1. The number of nitriles is 1. The van der Waals surface area contributed by atoms with Crippen LogP contribution in [0.15, 0.2) is 47.6 Å². The van der Waals surface area contributed by atoms with E-state index in [1.165, 1.54) is 0 Å². The molecule has 0 aliphatic rings. The van der Waals surface area contributed by atoms with E-state index in [2.05, 4.69) is 28.5 Å². The second kappa shape index (κ2) is 8.36. The van der Waals surface area contributed by atoms with Crippen LogP contribution in [0, 0.1) is 18.3 Å². The van der Waals surface area contributed by atoms with E-state index >= 15 is 0 Å². The van der Waals surface area contributed by atoms with E-state index in [1.54, 1.807) is 20.4 Å². The van der Waals surface area contributed by atoms with Crippen molar-refractivity contribution in [1.82, 2.24) is 4.98 Å². The minimum absolute atomic E-state index is 0.618. The summed E-state index contributed by atoms with van der Waals surface area (Å²) in [6.45, 7) is 4.05. The number of methoxy groups -OCH3 is 2. The molecule has 4 aromatic rings. The number of aromatic amines is 1. The topological polar surface area (TPSA) is 86.5 Å². The van der Waals surface area contributed by atoms with Gasteiger partial charge in [0.2, 0.25) is 5.65 Å². The number of hydrazone groups is 1. The summed E-state index contributed by atoms with van der Waals surface area (Å²) in [5.74, 6) is 2.08. The number of benzene rings is 2. The number of nitrogens with zero attached hydrogens (tertiary/aromatic N) is 3. The average Bonchev–Trinajstić information content (AvgIpc) is 3.18. The molecule has 2 aromatic carbocycles. The second-order valence-corrected chi connectivity index (χ2v) is 7.07. The first-order valence-electron chi connectivity index (χ1n) is 10.0. The molecule has 0 amide bonds. The fourth-order valence-corrected chi connectivity index (χ4v) is 3.99. The molecule has 4 rings (SSSR count). The predicted octanol–water partition coefficient (Wildman–Crippen LogP) is 4.11. The van der Waals surface area contributed by atoms with Crippen LogP contribution >= 0.6 is 0 Å². The normalized spacial score (nSPS) is 11.2. The van der Waals surface area contributed by atoms with Gasteiger partial charge in [-0.1, -0.05) is 25.1 Å². The fourth-order valence-electron chi connectivity index (χ4n) is 3.99. The summed E-state index contributed by atoms with van der Waals surface area (Å²) in [4.78, 5) is 3.38. The van der Waals surface area contributed by atoms with Crippen molar-refractivity contribution >= 4 is 28.7 Å². The van der Waals surface area contributed by atoms with Gasteiger partial charge in [-0.15, -0.1) is 5.10 Å². The van der Waals surface area contributed by atoms with Crippen molar-refractivity contribution in [3.05, 3.63) is 64.7 Å². The molecule has 7 nitrogen and oxygen atoms in total. The van der Waals surface area contributed by atoms with E-state index in [0.29, 0.717) is 17.1 Å². The molecule has 0 saturated carbocycles. The predicted molar refractivity (Wildman–Crippen MR) is 121 cm³/mol. The number of hydrogen-bond donors (Lipinski definition) is 2. The summed E-state index contributed by atoms with van der Waals surface area (Å²) in [5, 5.41) is 14.3. The molecule has 0 aliphatic heterocycles. The van der Waals surface area contributed by atoms with Crippen LogP contribution in [0.4, 0.5) is 5.82 Å². The molecular weight excluding hydrogens is 390 g/mol. The van der Waals surface area contributed by atoms with Crippen molar-refractivity contribution in [3.8, 4) is 17.6 Å². The number of H-pyrrole nitrogens is 1. The van der Waals surface area contributed by atoms with E-state index in [1.807, 2.05) is 53.8 Å². The van der Waals surface area contributed by atoms with Gasteiger partial charge in [0, 0.05) is 11.1 Å². The maximum Gasteiger partial charge on any atom is 0.253 e. The first-order valence-corrected chi connectivity index (χ1v) is 10.0. The van der Waals surface area contributed by atoms with Crippen molar-refractivity contribution in [2.45, 2.75) is 20.3 Å². The van der Waals surface area contributed by atoms with Crippen LogP contribution < -0.4 is 19.3 Å². The Morgan fingerprint density at radius 2 is 1.97 bits per heavy atom. The van der Waals surface area contributed by atoms with Gasteiger partial charge >= 0.3 is 0 Å². The van der Waals surface area contributed by atoms with Gasteiger partial charge in [-0.3, -0.25) is 4.98 Å². The summed E-state index contributed by atoms with van der Waals surface area (Å²) in [7, 11) is 3.21. The number of imidazole rings is 1. The molecule has 0 saturated heterocycles. The van der Waals surface area contributed by atoms with Gasteiger partial charge in [0.05, 0.1) is 20.4 Å². The number of ether oxygens (including phenoxy) is 2. The van der Waals surface area contributed by atoms with Gasteiger partial charge in [-0.05, 0) is 43.2 Å². The molecule has 2 heterocycles. The Morgan fingerprint density at radius 3 is 2.68 bits per heavy atom. The molecule has 0 aliphatic carbocycles. The largest absolute Gasteiger partial charge is 0.493 e. The lowest BCUT2D eigenvalue weighted by Crippen LogP contribution is -2.28. The van der Waals surface area contributed by atoms with E-state index in [0.717, 1.165) is 45.6 Å². The van der Waals surface area contributed by atoms with Crippen LogP contribution in [0.1, 0.15) is 29.2 Å². The fraction of sp³-hybridized carbons (Fsp3) is 0.208. The molecule has 156 valence electrons. The Morgan fingerprint density at radius 1 is 1.16 bits per heavy atom. The smallest absolute Gasteiger partial charge is 0.253 e. The van der Waals surface area contributed by atoms with Crippen LogP contribution in [-0.4, -0.2) is 25.4 Å². The standard InChI is InChI=1S/C24H23N5O2/c1-5-17-15(2)18(13-25)23-27-19-10-6-7-11-20(19)29(23)24(17)28-26-14-16-9-8-12-21(30-3)22(16)31-4/h6-12,14H,5H2,1-4H3,(H,27,28)/p+1. The molecule has 0 fully saturated rings. The van der Waals surface area contributed by atoms with Crippen molar-refractivity contribution in [1.29, 1.82) is 5.26 Å². The number of rotatable bonds is 6. The van der Waals surface area contributed by atoms with Gasteiger partial charge in [0.25, 0.3) is 5.82 Å². The van der Waals surface area contributed by atoms with E-state index in [9.17, 15) is 5.26 Å². The van der Waals surface area contributed by atoms with Gasteiger partial charge in [-0.2, -0.15) is 15.1 Å². The quantitative estimate of drug-likeness (QED) is 0.282. The van der Waals surface area contributed by atoms with Gasteiger partial charge in [0.15, 0.2) is 11.5 Å². The minimum Gasteiger partial charge on any atom is -0.493 e. The van der Waals surface area contributed by atoms with Gasteiger partial charge < -0.3 is 9.47 Å². The van der Waals surface area contributed by atoms with Crippen LogP contribution in [0.25, 0.3) is 16.7 Å². The summed E-state index contributed by atoms with van der Waals surface area (Å²) < 4.78 is 12.9. The molecule has 2 aromatic heterocycles. The molecule has 2 N–H and O–H groups in total. The Hall–Kier alpha value is -4.05. The van der Waals surface area contributed by atoms with Crippen LogP contribution in [0.3, 0.4) is 0 Å². The van der Waals surface area contributed by atoms with Crippen molar-refractivity contribution in [2.75, 3.05) is 19.6 Å². The Bertz CT molecular complexity index is 1350. The third-order valence-corrected chi connectivity index (χ3v) is 5.47. The maximum atomic E-state index is 9.83. The summed E-state index contributed by atoms with van der Waals surface area (Å²) in [6.07, 6.45) is 2.46. The Kier molecular flexibility index (Phi) is 5.46. The maximum absolute atomic E-state index is 9.83. The third-order valence-electron chi connectivity index (χ3n) is 5.47. The van der Waals surface area contributed by atoms with Crippen molar-refractivity contribution in [3.63, 3.8) is 0 Å². The zero-order valence-corrected chi connectivity index (χ0v) is 18.0. The highest BCUT2D eigenvalue weighted by atomic mass is 16.5. The van der Waals surface area contributed by atoms with Crippen molar-refractivity contribution < 1.29 is 13.9 Å². The Labute approximate surface area is 180 Å². The molecule has 0 unspecified atom stereocenters. The summed E-state index contributed by atoms with van der Waals surface area (Å²) in [6, 6.07) is 16.0. The van der Waals surface area contributed by atoms with E-state index < -0.39 is 0 Å². The zero-order valence-electron chi connectivity index (χ0n) is 18.0. The van der Waals surface area contributed by atoms with Crippen LogP contribution in [0.2, 0.25) is 0 Å². The van der Waals surface area contributed by atoms with Crippen LogP contribution in [-0.2, 0) is 6.42 Å². The number of nitrogens with one attached hydrogen (secondary N) is 2. The highest BCUT2D eigenvalue weighted by Gasteiger charge is 2.24. The second-order valence-electron chi connectivity index (χ2n) is 7.07. The van der Waals surface area contributed by atoms with Crippen LogP contribution in [0.5, 0.6) is 11.5 Å².